The number of anilines is 3. The van der Waals surface area contributed by atoms with Crippen LogP contribution in [0, 0.1) is 22.8 Å². The molecule has 1 unspecified atom stereocenters. The molecule has 3 aromatic rings. The molecule has 12 heteroatoms. The van der Waals surface area contributed by atoms with Gasteiger partial charge in [-0.25, -0.2) is 9.98 Å². The summed E-state index contributed by atoms with van der Waals surface area (Å²) in [6.07, 6.45) is 1.82. The van der Waals surface area contributed by atoms with Gasteiger partial charge in [-0.2, -0.15) is 10.5 Å². The lowest BCUT2D eigenvalue weighted by Gasteiger charge is -2.26. The van der Waals surface area contributed by atoms with Crippen LogP contribution < -0.4 is 31.6 Å². The van der Waals surface area contributed by atoms with Gasteiger partial charge in [-0.3, -0.25) is 5.32 Å². The molecular weight excluding hydrogens is 491 g/mol. The topological polar surface area (TPSA) is 167 Å². The lowest BCUT2D eigenvalue weighted by molar-refractivity contribution is 0.297. The van der Waals surface area contributed by atoms with E-state index in [4.69, 9.17) is 49.4 Å². The largest absolute Gasteiger partial charge is 0.496 e. The van der Waals surface area contributed by atoms with Crippen LogP contribution in [0.15, 0.2) is 41.4 Å². The molecule has 0 amide bonds. The molecule has 6 N–H and O–H groups in total. The highest BCUT2D eigenvalue weighted by molar-refractivity contribution is 6.37. The molecule has 0 bridgehead atoms. The number of hydrogen-bond donors (Lipinski definition) is 4. The Labute approximate surface area is 210 Å². The van der Waals surface area contributed by atoms with Crippen molar-refractivity contribution in [2.75, 3.05) is 23.9 Å². The quantitative estimate of drug-likeness (QED) is 0.294. The summed E-state index contributed by atoms with van der Waals surface area (Å²) < 4.78 is 11.4. The standard InChI is InChI=1S/C23H18Cl2N8O2/c1-34-16-6-5-11(7-12(16)9-35-20-14(24)3-2-4-15(20)25)19-17-18(28)13(8-26)21(29)32-22(17)33-23(31-19)30-10-27/h2-7,19H,9H2,1H3,(H6,28,29,30,31,32,33). The summed E-state index contributed by atoms with van der Waals surface area (Å²) in [5.74, 6) is 1.31. The van der Waals surface area contributed by atoms with Crippen LogP contribution in [0.2, 0.25) is 10.0 Å². The molecule has 176 valence electrons. The molecule has 2 heterocycles. The van der Waals surface area contributed by atoms with E-state index in [2.05, 4.69) is 20.6 Å². The summed E-state index contributed by atoms with van der Waals surface area (Å²) in [6.45, 7) is 0.0875. The van der Waals surface area contributed by atoms with Crippen LogP contribution in [0.25, 0.3) is 0 Å². The molecule has 2 aromatic carbocycles. The summed E-state index contributed by atoms with van der Waals surface area (Å²) in [4.78, 5) is 8.83. The molecule has 0 spiro atoms. The number of nitrogens with two attached hydrogens (primary N) is 2. The second-order valence-electron chi connectivity index (χ2n) is 7.31. The number of nitriles is 2. The molecule has 0 radical (unpaired) electrons. The van der Waals surface area contributed by atoms with Gasteiger partial charge in [0.1, 0.15) is 41.7 Å². The van der Waals surface area contributed by atoms with E-state index in [1.807, 2.05) is 18.3 Å². The lowest BCUT2D eigenvalue weighted by Crippen LogP contribution is -2.32. The minimum absolute atomic E-state index is 0.0337. The number of nitrogens with one attached hydrogen (secondary N) is 2. The van der Waals surface area contributed by atoms with E-state index in [1.54, 1.807) is 30.3 Å². The van der Waals surface area contributed by atoms with E-state index in [0.29, 0.717) is 38.2 Å². The van der Waals surface area contributed by atoms with E-state index in [9.17, 15) is 5.26 Å². The van der Waals surface area contributed by atoms with Crippen molar-refractivity contribution in [1.29, 1.82) is 10.5 Å². The SMILES string of the molecule is COc1ccc(C2N=C(NC#N)Nc3nc(N)c(C#N)c(N)c32)cc1COc1c(Cl)cccc1Cl. The highest BCUT2D eigenvalue weighted by Crippen LogP contribution is 2.41. The monoisotopic (exact) mass is 508 g/mol. The molecule has 0 aliphatic carbocycles. The van der Waals surface area contributed by atoms with Crippen LogP contribution in [-0.2, 0) is 6.61 Å². The van der Waals surface area contributed by atoms with Gasteiger partial charge in [0.05, 0.1) is 22.8 Å². The van der Waals surface area contributed by atoms with Crippen LogP contribution in [0.1, 0.15) is 28.3 Å². The molecule has 1 aliphatic rings. The van der Waals surface area contributed by atoms with Crippen LogP contribution >= 0.6 is 23.2 Å². The van der Waals surface area contributed by atoms with E-state index in [0.717, 1.165) is 0 Å². The zero-order chi connectivity index (χ0) is 25.1. The average Bonchev–Trinajstić information content (AvgIpc) is 2.83. The Hall–Kier alpha value is -4.38. The zero-order valence-electron chi connectivity index (χ0n) is 18.3. The first-order chi connectivity index (χ1) is 16.9. The average molecular weight is 509 g/mol. The molecule has 0 saturated heterocycles. The van der Waals surface area contributed by atoms with Crippen molar-refractivity contribution >= 4 is 46.5 Å². The third-order valence-corrected chi connectivity index (χ3v) is 5.86. The fourth-order valence-electron chi connectivity index (χ4n) is 3.67. The fraction of sp³-hybridized carbons (Fsp3) is 0.130. The number of aliphatic imine (C=N–C) groups is 1. The predicted molar refractivity (Wildman–Crippen MR) is 133 cm³/mol. The van der Waals surface area contributed by atoms with Crippen LogP contribution in [0.3, 0.4) is 0 Å². The molecule has 0 fully saturated rings. The highest BCUT2D eigenvalue weighted by atomic mass is 35.5. The number of fused-ring (bicyclic) bond motifs is 1. The number of hydrogen-bond acceptors (Lipinski definition) is 10. The number of halogens is 2. The molecule has 10 nitrogen and oxygen atoms in total. The third kappa shape index (κ3) is 4.53. The summed E-state index contributed by atoms with van der Waals surface area (Å²) in [6, 6.07) is 11.7. The molecule has 1 atom stereocenters. The fourth-order valence-corrected chi connectivity index (χ4v) is 4.18. The van der Waals surface area contributed by atoms with Crippen molar-refractivity contribution in [3.8, 4) is 23.8 Å². The minimum atomic E-state index is -0.712. The number of nitrogens with zero attached hydrogens (tertiary/aromatic N) is 4. The van der Waals surface area contributed by atoms with Gasteiger partial charge in [0.15, 0.2) is 11.9 Å². The number of aromatic nitrogens is 1. The number of para-hydroxylation sites is 1. The third-order valence-electron chi connectivity index (χ3n) is 5.27. The number of guanidine groups is 1. The Bertz CT molecular complexity index is 1410. The summed E-state index contributed by atoms with van der Waals surface area (Å²) in [7, 11) is 1.54. The number of ether oxygens (including phenoxy) is 2. The van der Waals surface area contributed by atoms with Crippen molar-refractivity contribution in [2.24, 2.45) is 4.99 Å². The number of benzene rings is 2. The molecule has 1 aliphatic heterocycles. The smallest absolute Gasteiger partial charge is 0.211 e. The molecule has 35 heavy (non-hydrogen) atoms. The van der Waals surface area contributed by atoms with Crippen molar-refractivity contribution in [3.63, 3.8) is 0 Å². The Morgan fingerprint density at radius 2 is 1.91 bits per heavy atom. The number of pyridine rings is 1. The summed E-state index contributed by atoms with van der Waals surface area (Å²) >= 11 is 12.5. The second-order valence-corrected chi connectivity index (χ2v) is 8.13. The van der Waals surface area contributed by atoms with Crippen molar-refractivity contribution < 1.29 is 9.47 Å². The first-order valence-electron chi connectivity index (χ1n) is 10.1. The van der Waals surface area contributed by atoms with Gasteiger partial charge in [-0.15, -0.1) is 0 Å². The normalized spacial score (nSPS) is 14.0. The van der Waals surface area contributed by atoms with Gasteiger partial charge in [-0.05, 0) is 29.8 Å². The number of methoxy groups -OCH3 is 1. The Morgan fingerprint density at radius 1 is 1.17 bits per heavy atom. The molecule has 0 saturated carbocycles. The van der Waals surface area contributed by atoms with E-state index in [-0.39, 0.29) is 35.5 Å². The lowest BCUT2D eigenvalue weighted by atomic mass is 9.94. The second kappa shape index (κ2) is 9.85. The summed E-state index contributed by atoms with van der Waals surface area (Å²) in [5.41, 5.74) is 14.2. The maximum absolute atomic E-state index is 9.51. The van der Waals surface area contributed by atoms with Gasteiger partial charge < -0.3 is 26.3 Å². The molecule has 1 aromatic heterocycles. The Morgan fingerprint density at radius 3 is 2.57 bits per heavy atom. The van der Waals surface area contributed by atoms with E-state index >= 15 is 0 Å². The first kappa shape index (κ1) is 23.8. The Balaban J connectivity index is 1.79. The van der Waals surface area contributed by atoms with Crippen LogP contribution in [-0.4, -0.2) is 18.1 Å². The maximum Gasteiger partial charge on any atom is 0.211 e. The van der Waals surface area contributed by atoms with E-state index in [1.165, 1.54) is 7.11 Å². The van der Waals surface area contributed by atoms with Crippen LogP contribution in [0.5, 0.6) is 11.5 Å². The molecular formula is C23H18Cl2N8O2. The zero-order valence-corrected chi connectivity index (χ0v) is 19.8. The van der Waals surface area contributed by atoms with Gasteiger partial charge in [0.2, 0.25) is 5.96 Å². The van der Waals surface area contributed by atoms with Crippen molar-refractivity contribution in [2.45, 2.75) is 12.6 Å². The molecule has 4 rings (SSSR count). The van der Waals surface area contributed by atoms with Gasteiger partial charge in [0.25, 0.3) is 0 Å². The first-order valence-corrected chi connectivity index (χ1v) is 10.9. The van der Waals surface area contributed by atoms with Crippen molar-refractivity contribution in [1.82, 2.24) is 10.3 Å². The minimum Gasteiger partial charge on any atom is -0.496 e. The summed E-state index contributed by atoms with van der Waals surface area (Å²) in [5, 5.41) is 24.7. The number of nitrogen functional groups attached to an aromatic ring is 2. The van der Waals surface area contributed by atoms with Gasteiger partial charge in [-0.1, -0.05) is 35.3 Å². The number of rotatable bonds is 5. The Kier molecular flexibility index (Phi) is 6.69. The highest BCUT2D eigenvalue weighted by Gasteiger charge is 2.30. The van der Waals surface area contributed by atoms with Gasteiger partial charge >= 0.3 is 0 Å². The van der Waals surface area contributed by atoms with Gasteiger partial charge in [0, 0.05) is 11.1 Å². The van der Waals surface area contributed by atoms with Crippen molar-refractivity contribution in [3.05, 3.63) is 68.7 Å². The van der Waals surface area contributed by atoms with Crippen LogP contribution in [0.4, 0.5) is 17.3 Å². The maximum atomic E-state index is 9.51. The predicted octanol–water partition coefficient (Wildman–Crippen LogP) is 3.95. The van der Waals surface area contributed by atoms with E-state index < -0.39 is 6.04 Å².